The van der Waals surface area contributed by atoms with E-state index in [2.05, 4.69) is 9.97 Å². The van der Waals surface area contributed by atoms with E-state index in [1.165, 1.54) is 17.8 Å². The normalized spacial score (nSPS) is 10.8. The van der Waals surface area contributed by atoms with E-state index < -0.39 is 5.91 Å². The van der Waals surface area contributed by atoms with Crippen LogP contribution in [0.1, 0.15) is 5.69 Å². The highest BCUT2D eigenvalue weighted by molar-refractivity contribution is 5.91. The Bertz CT molecular complexity index is 552. The van der Waals surface area contributed by atoms with E-state index in [-0.39, 0.29) is 0 Å². The molecule has 5 heteroatoms. The van der Waals surface area contributed by atoms with Crippen LogP contribution in [-0.4, -0.2) is 15.9 Å². The summed E-state index contributed by atoms with van der Waals surface area (Å²) >= 11 is 0. The van der Waals surface area contributed by atoms with Gasteiger partial charge in [-0.3, -0.25) is 9.78 Å². The van der Waals surface area contributed by atoms with Crippen LogP contribution in [0.15, 0.2) is 36.5 Å². The van der Waals surface area contributed by atoms with Gasteiger partial charge in [0.05, 0.1) is 22.9 Å². The standard InChI is InChI=1S/C11H8N3O2/c15-11(14-16)6-5-8-7-12-9-3-1-2-4-10(9)13-8/h1-7H,(H-,12,13,14,15,16)/q-1. The van der Waals surface area contributed by atoms with Gasteiger partial charge in [-0.2, -0.15) is 0 Å². The maximum atomic E-state index is 10.7. The molecule has 5 nitrogen and oxygen atoms in total. The predicted molar refractivity (Wildman–Crippen MR) is 60.1 cm³/mol. The van der Waals surface area contributed by atoms with Crippen molar-refractivity contribution in [2.24, 2.45) is 0 Å². The number of aromatic nitrogens is 2. The molecule has 80 valence electrons. The summed E-state index contributed by atoms with van der Waals surface area (Å²) in [6, 6.07) is 7.40. The Kier molecular flexibility index (Phi) is 2.88. The predicted octanol–water partition coefficient (Wildman–Crippen LogP) is 1.26. The molecule has 16 heavy (non-hydrogen) atoms. The lowest BCUT2D eigenvalue weighted by molar-refractivity contribution is -0.115. The first-order valence-electron chi connectivity index (χ1n) is 4.61. The first-order chi connectivity index (χ1) is 7.79. The first kappa shape index (κ1) is 10.3. The van der Waals surface area contributed by atoms with Crippen molar-refractivity contribution >= 4 is 23.0 Å². The van der Waals surface area contributed by atoms with Crippen molar-refractivity contribution in [1.29, 1.82) is 0 Å². The minimum atomic E-state index is -0.713. The Balaban J connectivity index is 2.33. The molecule has 1 aromatic heterocycles. The van der Waals surface area contributed by atoms with E-state index in [1.54, 1.807) is 0 Å². The van der Waals surface area contributed by atoms with Gasteiger partial charge in [-0.05, 0) is 18.2 Å². The molecule has 0 atom stereocenters. The fraction of sp³-hybridized carbons (Fsp3) is 0. The molecule has 2 rings (SSSR count). The summed E-state index contributed by atoms with van der Waals surface area (Å²) in [4.78, 5) is 19.1. The average Bonchev–Trinajstić information content (AvgIpc) is 2.35. The van der Waals surface area contributed by atoms with E-state index in [0.717, 1.165) is 17.1 Å². The van der Waals surface area contributed by atoms with Gasteiger partial charge in [-0.1, -0.05) is 12.1 Å². The lowest BCUT2D eigenvalue weighted by Crippen LogP contribution is -2.11. The number of carbonyl (C=O) groups excluding carboxylic acids is 1. The van der Waals surface area contributed by atoms with Crippen molar-refractivity contribution in [2.45, 2.75) is 0 Å². The van der Waals surface area contributed by atoms with Crippen LogP contribution in [0.5, 0.6) is 0 Å². The smallest absolute Gasteiger partial charge is 0.233 e. The SMILES string of the molecule is O=C(/C=C/c1cnc2ccccc2n1)N[O-]. The quantitative estimate of drug-likeness (QED) is 0.603. The van der Waals surface area contributed by atoms with Gasteiger partial charge in [0, 0.05) is 6.08 Å². The number of fused-ring (bicyclic) bond motifs is 1. The molecule has 0 aliphatic heterocycles. The summed E-state index contributed by atoms with van der Waals surface area (Å²) in [6.45, 7) is 0. The van der Waals surface area contributed by atoms with Crippen LogP contribution in [0.25, 0.3) is 17.1 Å². The Morgan fingerprint density at radius 3 is 2.81 bits per heavy atom. The van der Waals surface area contributed by atoms with Gasteiger partial charge in [-0.25, -0.2) is 4.98 Å². The highest BCUT2D eigenvalue weighted by Gasteiger charge is 1.96. The minimum absolute atomic E-state index is 0.530. The summed E-state index contributed by atoms with van der Waals surface area (Å²) in [7, 11) is 0. The molecule has 1 N–H and O–H groups in total. The van der Waals surface area contributed by atoms with Gasteiger partial charge in [0.15, 0.2) is 0 Å². The summed E-state index contributed by atoms with van der Waals surface area (Å²) in [5.74, 6) is -0.713. The maximum Gasteiger partial charge on any atom is 0.233 e. The van der Waals surface area contributed by atoms with Crippen LogP contribution >= 0.6 is 0 Å². The third-order valence-corrected chi connectivity index (χ3v) is 1.97. The largest absolute Gasteiger partial charge is 0.759 e. The molecule has 1 amide bonds. The van der Waals surface area contributed by atoms with Crippen molar-refractivity contribution in [1.82, 2.24) is 15.4 Å². The summed E-state index contributed by atoms with van der Waals surface area (Å²) in [6.07, 6.45) is 4.09. The summed E-state index contributed by atoms with van der Waals surface area (Å²) in [5.41, 5.74) is 3.31. The fourth-order valence-electron chi connectivity index (χ4n) is 1.25. The second-order valence-electron chi connectivity index (χ2n) is 3.08. The van der Waals surface area contributed by atoms with E-state index >= 15 is 0 Å². The zero-order valence-corrected chi connectivity index (χ0v) is 8.25. The second kappa shape index (κ2) is 4.50. The van der Waals surface area contributed by atoms with Crippen LogP contribution < -0.4 is 5.48 Å². The monoisotopic (exact) mass is 214 g/mol. The summed E-state index contributed by atoms with van der Waals surface area (Å²) in [5, 5.41) is 9.98. The maximum absolute atomic E-state index is 10.7. The first-order valence-corrected chi connectivity index (χ1v) is 4.61. The molecule has 0 bridgehead atoms. The number of hydroxylamine groups is 1. The van der Waals surface area contributed by atoms with E-state index in [9.17, 15) is 10.0 Å². The van der Waals surface area contributed by atoms with Crippen LogP contribution in [0.3, 0.4) is 0 Å². The minimum Gasteiger partial charge on any atom is -0.759 e. The Hall–Kier alpha value is -2.27. The third kappa shape index (κ3) is 2.21. The number of para-hydroxylation sites is 2. The van der Waals surface area contributed by atoms with E-state index in [0.29, 0.717) is 5.69 Å². The van der Waals surface area contributed by atoms with Gasteiger partial charge < -0.3 is 10.7 Å². The van der Waals surface area contributed by atoms with E-state index in [1.807, 2.05) is 24.3 Å². The number of hydrogen-bond donors (Lipinski definition) is 1. The third-order valence-electron chi connectivity index (χ3n) is 1.97. The molecule has 0 unspecified atom stereocenters. The lowest BCUT2D eigenvalue weighted by atomic mass is 10.3. The van der Waals surface area contributed by atoms with Crippen LogP contribution in [0.2, 0.25) is 0 Å². The number of hydrogen-bond acceptors (Lipinski definition) is 4. The van der Waals surface area contributed by atoms with E-state index in [4.69, 9.17) is 0 Å². The fourth-order valence-corrected chi connectivity index (χ4v) is 1.25. The molecule has 1 aromatic carbocycles. The highest BCUT2D eigenvalue weighted by Crippen LogP contribution is 2.08. The van der Waals surface area contributed by atoms with Gasteiger partial charge in [0.25, 0.3) is 0 Å². The molecule has 1 heterocycles. The molecule has 0 radical (unpaired) electrons. The van der Waals surface area contributed by atoms with Crippen molar-refractivity contribution in [3.8, 4) is 0 Å². The van der Waals surface area contributed by atoms with Crippen molar-refractivity contribution in [2.75, 3.05) is 0 Å². The van der Waals surface area contributed by atoms with Gasteiger partial charge in [0.2, 0.25) is 5.91 Å². The Labute approximate surface area is 91.4 Å². The van der Waals surface area contributed by atoms with Crippen LogP contribution in [-0.2, 0) is 4.79 Å². The van der Waals surface area contributed by atoms with Crippen LogP contribution in [0.4, 0.5) is 0 Å². The molecule has 2 aromatic rings. The molecule has 0 spiro atoms. The number of amides is 1. The number of nitrogens with zero attached hydrogens (tertiary/aromatic N) is 2. The number of nitrogens with one attached hydrogen (secondary N) is 1. The topological polar surface area (TPSA) is 77.9 Å². The molecule has 0 saturated carbocycles. The zero-order valence-electron chi connectivity index (χ0n) is 8.25. The average molecular weight is 214 g/mol. The molecular formula is C11H8N3O2-. The lowest BCUT2D eigenvalue weighted by Gasteiger charge is -2.01. The van der Waals surface area contributed by atoms with Gasteiger partial charge in [0.1, 0.15) is 0 Å². The molecular weight excluding hydrogens is 206 g/mol. The second-order valence-corrected chi connectivity index (χ2v) is 3.08. The molecule has 0 fully saturated rings. The van der Waals surface area contributed by atoms with Gasteiger partial charge >= 0.3 is 0 Å². The summed E-state index contributed by atoms with van der Waals surface area (Å²) < 4.78 is 0. The zero-order chi connectivity index (χ0) is 11.4. The Morgan fingerprint density at radius 2 is 2.06 bits per heavy atom. The van der Waals surface area contributed by atoms with Gasteiger partial charge in [-0.15, -0.1) is 0 Å². The van der Waals surface area contributed by atoms with Crippen molar-refractivity contribution < 1.29 is 4.79 Å². The highest BCUT2D eigenvalue weighted by atomic mass is 16.5. The molecule has 0 aliphatic carbocycles. The number of rotatable bonds is 2. The molecule has 0 saturated heterocycles. The van der Waals surface area contributed by atoms with Crippen LogP contribution in [0, 0.1) is 5.21 Å². The molecule has 0 aliphatic rings. The van der Waals surface area contributed by atoms with Crippen molar-refractivity contribution in [3.63, 3.8) is 0 Å². The number of benzene rings is 1. The van der Waals surface area contributed by atoms with Crippen molar-refractivity contribution in [3.05, 3.63) is 47.4 Å². The Morgan fingerprint density at radius 1 is 1.31 bits per heavy atom. The number of carbonyl (C=O) groups is 1.